The van der Waals surface area contributed by atoms with E-state index < -0.39 is 0 Å². The number of benzene rings is 1. The average Bonchev–Trinajstić information content (AvgIpc) is 3.33. The van der Waals surface area contributed by atoms with E-state index in [0.29, 0.717) is 18.1 Å². The molecule has 1 aliphatic rings. The number of aryl methyl sites for hydroxylation is 2. The molecular formula is C17H18N4O4. The van der Waals surface area contributed by atoms with Gasteiger partial charge in [-0.1, -0.05) is 0 Å². The molecule has 1 amide bonds. The molecule has 0 spiro atoms. The van der Waals surface area contributed by atoms with Gasteiger partial charge in [0.05, 0.1) is 11.0 Å². The Kier molecular flexibility index (Phi) is 3.69. The number of imidazole rings is 1. The number of oxazole rings is 1. The second-order valence-electron chi connectivity index (χ2n) is 6.13. The summed E-state index contributed by atoms with van der Waals surface area (Å²) in [5, 5.41) is 2.81. The Morgan fingerprint density at radius 3 is 2.84 bits per heavy atom. The monoisotopic (exact) mass is 342 g/mol. The van der Waals surface area contributed by atoms with Crippen molar-refractivity contribution < 1.29 is 13.9 Å². The number of carbonyl (C=O) groups is 1. The van der Waals surface area contributed by atoms with Crippen molar-refractivity contribution in [2.45, 2.75) is 18.9 Å². The highest BCUT2D eigenvalue weighted by atomic mass is 16.5. The van der Waals surface area contributed by atoms with Crippen LogP contribution >= 0.6 is 0 Å². The molecule has 8 nitrogen and oxygen atoms in total. The summed E-state index contributed by atoms with van der Waals surface area (Å²) in [5.41, 5.74) is 2.24. The van der Waals surface area contributed by atoms with Crippen molar-refractivity contribution in [2.75, 3.05) is 11.9 Å². The molecule has 0 bridgehead atoms. The lowest BCUT2D eigenvalue weighted by Crippen LogP contribution is -2.19. The van der Waals surface area contributed by atoms with E-state index in [2.05, 4.69) is 10.3 Å². The third-order valence-corrected chi connectivity index (χ3v) is 4.56. The molecule has 2 aromatic heterocycles. The number of aromatic nitrogens is 3. The number of nitrogens with one attached hydrogen (secondary N) is 1. The van der Waals surface area contributed by atoms with E-state index in [9.17, 15) is 9.59 Å². The SMILES string of the molecule is Cn1c(=O)n(C)c2cc(NC(=O)c3ncoc3C3CCCO3)ccc21. The highest BCUT2D eigenvalue weighted by molar-refractivity contribution is 6.04. The minimum Gasteiger partial charge on any atom is -0.445 e. The van der Waals surface area contributed by atoms with Crippen LogP contribution < -0.4 is 11.0 Å². The summed E-state index contributed by atoms with van der Waals surface area (Å²) in [6.45, 7) is 0.658. The van der Waals surface area contributed by atoms with Crippen LogP contribution in [-0.2, 0) is 18.8 Å². The standard InChI is InChI=1S/C17H18N4O4/c1-20-11-6-5-10(8-12(11)21(2)17(20)23)19-16(22)14-15(25-9-18-14)13-4-3-7-24-13/h5-6,8-9,13H,3-4,7H2,1-2H3,(H,19,22). The number of carbonyl (C=O) groups excluding carboxylic acids is 1. The molecule has 0 aliphatic carbocycles. The molecule has 1 N–H and O–H groups in total. The van der Waals surface area contributed by atoms with Crippen LogP contribution in [0, 0.1) is 0 Å². The summed E-state index contributed by atoms with van der Waals surface area (Å²) in [7, 11) is 3.41. The van der Waals surface area contributed by atoms with E-state index in [-0.39, 0.29) is 23.4 Å². The number of nitrogens with zero attached hydrogens (tertiary/aromatic N) is 3. The summed E-state index contributed by atoms with van der Waals surface area (Å²) >= 11 is 0. The Morgan fingerprint density at radius 2 is 2.08 bits per heavy atom. The number of hydrogen-bond donors (Lipinski definition) is 1. The summed E-state index contributed by atoms with van der Waals surface area (Å²) in [5.74, 6) is 0.0997. The van der Waals surface area contributed by atoms with Gasteiger partial charge in [-0.2, -0.15) is 0 Å². The third-order valence-electron chi connectivity index (χ3n) is 4.56. The molecule has 25 heavy (non-hydrogen) atoms. The molecule has 8 heteroatoms. The van der Waals surface area contributed by atoms with Crippen LogP contribution in [0.4, 0.5) is 5.69 Å². The van der Waals surface area contributed by atoms with Crippen LogP contribution in [0.1, 0.15) is 35.2 Å². The van der Waals surface area contributed by atoms with Crippen LogP contribution in [0.15, 0.2) is 33.8 Å². The lowest BCUT2D eigenvalue weighted by Gasteiger charge is -2.09. The van der Waals surface area contributed by atoms with Gasteiger partial charge >= 0.3 is 5.69 Å². The van der Waals surface area contributed by atoms with Crippen LogP contribution in [0.5, 0.6) is 0 Å². The molecule has 0 radical (unpaired) electrons. The van der Waals surface area contributed by atoms with Crippen molar-refractivity contribution >= 4 is 22.6 Å². The topological polar surface area (TPSA) is 91.3 Å². The van der Waals surface area contributed by atoms with Crippen molar-refractivity contribution in [2.24, 2.45) is 14.1 Å². The summed E-state index contributed by atoms with van der Waals surface area (Å²) < 4.78 is 14.0. The number of hydrogen-bond acceptors (Lipinski definition) is 5. The number of rotatable bonds is 3. The van der Waals surface area contributed by atoms with Gasteiger partial charge in [-0.05, 0) is 31.0 Å². The fourth-order valence-corrected chi connectivity index (χ4v) is 3.21. The van der Waals surface area contributed by atoms with E-state index >= 15 is 0 Å². The number of fused-ring (bicyclic) bond motifs is 1. The molecule has 0 saturated carbocycles. The highest BCUT2D eigenvalue weighted by Gasteiger charge is 2.28. The number of anilines is 1. The largest absolute Gasteiger partial charge is 0.445 e. The van der Waals surface area contributed by atoms with Gasteiger partial charge in [0.25, 0.3) is 5.91 Å². The van der Waals surface area contributed by atoms with Crippen LogP contribution in [-0.4, -0.2) is 26.6 Å². The number of amides is 1. The smallest absolute Gasteiger partial charge is 0.328 e. The lowest BCUT2D eigenvalue weighted by atomic mass is 10.1. The van der Waals surface area contributed by atoms with Gasteiger partial charge in [-0.25, -0.2) is 9.78 Å². The van der Waals surface area contributed by atoms with E-state index in [1.807, 2.05) is 0 Å². The molecule has 3 aromatic rings. The minimum absolute atomic E-state index is 0.115. The normalized spacial score (nSPS) is 17.3. The average molecular weight is 342 g/mol. The molecular weight excluding hydrogens is 324 g/mol. The Bertz CT molecular complexity index is 1010. The van der Waals surface area contributed by atoms with Crippen molar-refractivity contribution in [1.82, 2.24) is 14.1 Å². The van der Waals surface area contributed by atoms with Gasteiger partial charge < -0.3 is 14.5 Å². The predicted molar refractivity (Wildman–Crippen MR) is 90.5 cm³/mol. The maximum atomic E-state index is 12.6. The van der Waals surface area contributed by atoms with Crippen molar-refractivity contribution in [1.29, 1.82) is 0 Å². The summed E-state index contributed by atoms with van der Waals surface area (Å²) in [4.78, 5) is 28.6. The minimum atomic E-state index is -0.362. The molecule has 1 fully saturated rings. The molecule has 130 valence electrons. The first kappa shape index (κ1) is 15.6. The Hall–Kier alpha value is -2.87. The van der Waals surface area contributed by atoms with Crippen molar-refractivity contribution in [3.63, 3.8) is 0 Å². The fourth-order valence-electron chi connectivity index (χ4n) is 3.21. The third kappa shape index (κ3) is 2.54. The molecule has 1 atom stereocenters. The van der Waals surface area contributed by atoms with E-state index in [1.165, 1.54) is 6.39 Å². The fraction of sp³-hybridized carbons (Fsp3) is 0.353. The van der Waals surface area contributed by atoms with Gasteiger partial charge in [0, 0.05) is 26.4 Å². The highest BCUT2D eigenvalue weighted by Crippen LogP contribution is 2.30. The van der Waals surface area contributed by atoms with E-state index in [1.54, 1.807) is 41.4 Å². The van der Waals surface area contributed by atoms with Gasteiger partial charge in [-0.15, -0.1) is 0 Å². The predicted octanol–water partition coefficient (Wildman–Crippen LogP) is 1.97. The summed E-state index contributed by atoms with van der Waals surface area (Å²) in [6.07, 6.45) is 2.79. The van der Waals surface area contributed by atoms with Gasteiger partial charge in [0.2, 0.25) is 0 Å². The van der Waals surface area contributed by atoms with Crippen LogP contribution in [0.2, 0.25) is 0 Å². The molecule has 4 rings (SSSR count). The maximum absolute atomic E-state index is 12.6. The zero-order valence-corrected chi connectivity index (χ0v) is 14.0. The van der Waals surface area contributed by atoms with Crippen LogP contribution in [0.3, 0.4) is 0 Å². The van der Waals surface area contributed by atoms with Gasteiger partial charge in [0.15, 0.2) is 17.8 Å². The Labute approximate surface area is 143 Å². The summed E-state index contributed by atoms with van der Waals surface area (Å²) in [6, 6.07) is 5.32. The zero-order valence-electron chi connectivity index (χ0n) is 14.0. The van der Waals surface area contributed by atoms with Gasteiger partial charge in [-0.3, -0.25) is 13.9 Å². The first-order chi connectivity index (χ1) is 12.1. The zero-order chi connectivity index (χ0) is 17.6. The first-order valence-electron chi connectivity index (χ1n) is 8.08. The number of ether oxygens (including phenoxy) is 1. The lowest BCUT2D eigenvalue weighted by molar-refractivity contribution is 0.0889. The first-order valence-corrected chi connectivity index (χ1v) is 8.08. The van der Waals surface area contributed by atoms with Crippen molar-refractivity contribution in [3.05, 3.63) is 46.5 Å². The second kappa shape index (κ2) is 5.89. The van der Waals surface area contributed by atoms with Crippen molar-refractivity contribution in [3.8, 4) is 0 Å². The Balaban J connectivity index is 1.63. The molecule has 3 heterocycles. The second-order valence-corrected chi connectivity index (χ2v) is 6.13. The molecule has 1 saturated heterocycles. The van der Waals surface area contributed by atoms with Gasteiger partial charge in [0.1, 0.15) is 6.10 Å². The van der Waals surface area contributed by atoms with E-state index in [4.69, 9.17) is 9.15 Å². The van der Waals surface area contributed by atoms with E-state index in [0.717, 1.165) is 23.9 Å². The Morgan fingerprint density at radius 1 is 1.28 bits per heavy atom. The maximum Gasteiger partial charge on any atom is 0.328 e. The quantitative estimate of drug-likeness (QED) is 0.786. The molecule has 1 aliphatic heterocycles. The molecule has 1 aromatic carbocycles. The van der Waals surface area contributed by atoms with Crippen LogP contribution in [0.25, 0.3) is 11.0 Å². The molecule has 1 unspecified atom stereocenters.